The van der Waals surface area contributed by atoms with Crippen molar-refractivity contribution in [3.8, 4) is 5.75 Å². The molecule has 0 bridgehead atoms. The van der Waals surface area contributed by atoms with E-state index in [1.165, 1.54) is 5.39 Å². The van der Waals surface area contributed by atoms with Crippen LogP contribution in [0.4, 0.5) is 0 Å². The molecule has 0 radical (unpaired) electrons. The highest BCUT2D eigenvalue weighted by Crippen LogP contribution is 2.25. The lowest BCUT2D eigenvalue weighted by Crippen LogP contribution is -2.23. The molecule has 5 nitrogen and oxygen atoms in total. The highest BCUT2D eigenvalue weighted by atomic mass is 32.2. The van der Waals surface area contributed by atoms with Crippen LogP contribution in [0.15, 0.2) is 47.0 Å². The molecule has 1 aromatic heterocycles. The molecule has 0 aliphatic heterocycles. The Balaban J connectivity index is 1.45. The fourth-order valence-corrected chi connectivity index (χ4v) is 3.34. The fourth-order valence-electron chi connectivity index (χ4n) is 2.80. The number of nitrogens with two attached hydrogens (primary N) is 1. The van der Waals surface area contributed by atoms with Crippen LogP contribution in [-0.4, -0.2) is 34.8 Å². The molecule has 0 aliphatic rings. The molecule has 3 aromatic rings. The lowest BCUT2D eigenvalue weighted by molar-refractivity contribution is 0.311. The van der Waals surface area contributed by atoms with Crippen LogP contribution in [0.2, 0.25) is 0 Å². The van der Waals surface area contributed by atoms with E-state index in [0.717, 1.165) is 42.0 Å². The molecule has 1 atom stereocenters. The van der Waals surface area contributed by atoms with E-state index in [2.05, 4.69) is 34.6 Å². The van der Waals surface area contributed by atoms with E-state index >= 15 is 0 Å². The van der Waals surface area contributed by atoms with Gasteiger partial charge in [-0.15, -0.1) is 0 Å². The fraction of sp³-hybridized carbons (Fsp3) is 0.400. The van der Waals surface area contributed by atoms with Gasteiger partial charge in [-0.05, 0) is 36.3 Å². The van der Waals surface area contributed by atoms with E-state index in [-0.39, 0.29) is 6.04 Å². The van der Waals surface area contributed by atoms with Crippen LogP contribution < -0.4 is 10.5 Å². The summed E-state index contributed by atoms with van der Waals surface area (Å²) in [5.74, 6) is 3.31. The smallest absolute Gasteiger partial charge is 0.228 e. The van der Waals surface area contributed by atoms with E-state index in [9.17, 15) is 0 Å². The third kappa shape index (κ3) is 5.22. The number of thioether (sulfide) groups is 1. The van der Waals surface area contributed by atoms with Crippen LogP contribution in [0.1, 0.15) is 24.6 Å². The molecule has 0 fully saturated rings. The Labute approximate surface area is 158 Å². The minimum atomic E-state index is 0.0745. The minimum Gasteiger partial charge on any atom is -0.493 e. The summed E-state index contributed by atoms with van der Waals surface area (Å²) < 4.78 is 11.2. The van der Waals surface area contributed by atoms with Crippen molar-refractivity contribution in [3.63, 3.8) is 0 Å². The Bertz CT molecular complexity index is 816. The van der Waals surface area contributed by atoms with Crippen molar-refractivity contribution >= 4 is 22.5 Å². The van der Waals surface area contributed by atoms with Gasteiger partial charge in [0, 0.05) is 24.3 Å². The summed E-state index contributed by atoms with van der Waals surface area (Å²) in [6.45, 7) is 0.616. The first-order chi connectivity index (χ1) is 12.8. The number of aromatic nitrogens is 2. The molecule has 0 saturated carbocycles. The van der Waals surface area contributed by atoms with Crippen molar-refractivity contribution in [2.75, 3.05) is 18.6 Å². The van der Waals surface area contributed by atoms with Crippen molar-refractivity contribution in [2.24, 2.45) is 5.73 Å². The number of fused-ring (bicyclic) bond motifs is 1. The van der Waals surface area contributed by atoms with Crippen LogP contribution in [0.25, 0.3) is 10.8 Å². The van der Waals surface area contributed by atoms with Gasteiger partial charge < -0.3 is 15.0 Å². The number of hydrogen-bond donors (Lipinski definition) is 1. The molecule has 0 amide bonds. The predicted octanol–water partition coefficient (Wildman–Crippen LogP) is 3.86. The van der Waals surface area contributed by atoms with Crippen LogP contribution in [0.3, 0.4) is 0 Å². The maximum absolute atomic E-state index is 6.07. The van der Waals surface area contributed by atoms with Gasteiger partial charge in [0.2, 0.25) is 5.89 Å². The quantitative estimate of drug-likeness (QED) is 0.546. The molecule has 26 heavy (non-hydrogen) atoms. The van der Waals surface area contributed by atoms with Gasteiger partial charge in [0.25, 0.3) is 0 Å². The number of ether oxygens (including phenoxy) is 1. The van der Waals surface area contributed by atoms with Crippen molar-refractivity contribution in [2.45, 2.75) is 31.7 Å². The van der Waals surface area contributed by atoms with Gasteiger partial charge in [-0.1, -0.05) is 41.6 Å². The SMILES string of the molecule is CSCC[C@H](N)Cc1nc(CCCOc2cccc3ccccc23)no1. The average Bonchev–Trinajstić information content (AvgIpc) is 3.11. The Morgan fingerprint density at radius 1 is 1.19 bits per heavy atom. The zero-order chi connectivity index (χ0) is 18.2. The molecule has 138 valence electrons. The van der Waals surface area contributed by atoms with E-state index in [0.29, 0.717) is 18.9 Å². The summed E-state index contributed by atoms with van der Waals surface area (Å²) in [7, 11) is 0. The van der Waals surface area contributed by atoms with E-state index < -0.39 is 0 Å². The summed E-state index contributed by atoms with van der Waals surface area (Å²) in [4.78, 5) is 4.43. The van der Waals surface area contributed by atoms with Crippen LogP contribution in [0.5, 0.6) is 5.75 Å². The zero-order valence-corrected chi connectivity index (χ0v) is 15.9. The van der Waals surface area contributed by atoms with Crippen molar-refractivity contribution < 1.29 is 9.26 Å². The maximum atomic E-state index is 6.07. The minimum absolute atomic E-state index is 0.0745. The van der Waals surface area contributed by atoms with Gasteiger partial charge >= 0.3 is 0 Å². The van der Waals surface area contributed by atoms with Gasteiger partial charge in [-0.2, -0.15) is 16.7 Å². The van der Waals surface area contributed by atoms with Crippen LogP contribution >= 0.6 is 11.8 Å². The van der Waals surface area contributed by atoms with Gasteiger partial charge in [-0.3, -0.25) is 0 Å². The predicted molar refractivity (Wildman–Crippen MR) is 107 cm³/mol. The van der Waals surface area contributed by atoms with E-state index in [1.807, 2.05) is 24.3 Å². The maximum Gasteiger partial charge on any atom is 0.228 e. The number of benzene rings is 2. The summed E-state index contributed by atoms with van der Waals surface area (Å²) in [5, 5.41) is 6.36. The van der Waals surface area contributed by atoms with Crippen molar-refractivity contribution in [1.29, 1.82) is 0 Å². The monoisotopic (exact) mass is 371 g/mol. The lowest BCUT2D eigenvalue weighted by Gasteiger charge is -2.08. The summed E-state index contributed by atoms with van der Waals surface area (Å²) in [6, 6.07) is 14.4. The first kappa shape index (κ1) is 18.7. The molecule has 2 N–H and O–H groups in total. The molecular formula is C20H25N3O2S. The molecule has 2 aromatic carbocycles. The summed E-state index contributed by atoms with van der Waals surface area (Å²) in [6.07, 6.45) is 5.24. The Kier molecular flexibility index (Phi) is 6.91. The first-order valence-electron chi connectivity index (χ1n) is 8.93. The van der Waals surface area contributed by atoms with Gasteiger partial charge in [-0.25, -0.2) is 0 Å². The number of aryl methyl sites for hydroxylation is 1. The molecule has 0 saturated heterocycles. The largest absolute Gasteiger partial charge is 0.493 e. The second-order valence-electron chi connectivity index (χ2n) is 6.28. The standard InChI is InChI=1S/C20H25N3O2S/c1-26-13-11-16(21)14-20-22-19(23-25-20)10-5-12-24-18-9-4-7-15-6-2-3-8-17(15)18/h2-4,6-9,16H,5,10-14,21H2,1H3/t16-/m0/s1. The van der Waals surface area contributed by atoms with Crippen LogP contribution in [0, 0.1) is 0 Å². The number of rotatable bonds is 10. The van der Waals surface area contributed by atoms with Gasteiger partial charge in [0.1, 0.15) is 5.75 Å². The second kappa shape index (κ2) is 9.59. The summed E-state index contributed by atoms with van der Waals surface area (Å²) in [5.41, 5.74) is 6.07. The van der Waals surface area contributed by atoms with Crippen molar-refractivity contribution in [1.82, 2.24) is 10.1 Å². The molecule has 0 unspecified atom stereocenters. The molecule has 6 heteroatoms. The molecule has 0 spiro atoms. The highest BCUT2D eigenvalue weighted by Gasteiger charge is 2.11. The Morgan fingerprint density at radius 2 is 2.04 bits per heavy atom. The molecule has 0 aliphatic carbocycles. The average molecular weight is 372 g/mol. The normalized spacial score (nSPS) is 12.4. The Morgan fingerprint density at radius 3 is 2.92 bits per heavy atom. The van der Waals surface area contributed by atoms with E-state index in [1.54, 1.807) is 11.8 Å². The second-order valence-corrected chi connectivity index (χ2v) is 7.26. The number of nitrogens with zero attached hydrogens (tertiary/aromatic N) is 2. The third-order valence-electron chi connectivity index (χ3n) is 4.19. The molecule has 3 rings (SSSR count). The van der Waals surface area contributed by atoms with Gasteiger partial charge in [0.15, 0.2) is 5.82 Å². The van der Waals surface area contributed by atoms with Crippen molar-refractivity contribution in [3.05, 3.63) is 54.2 Å². The lowest BCUT2D eigenvalue weighted by atomic mass is 10.1. The van der Waals surface area contributed by atoms with Crippen LogP contribution in [-0.2, 0) is 12.8 Å². The Hall–Kier alpha value is -2.05. The molecular weight excluding hydrogens is 346 g/mol. The topological polar surface area (TPSA) is 74.2 Å². The van der Waals surface area contributed by atoms with E-state index in [4.69, 9.17) is 15.0 Å². The number of hydrogen-bond acceptors (Lipinski definition) is 6. The molecule has 1 heterocycles. The first-order valence-corrected chi connectivity index (χ1v) is 10.3. The highest BCUT2D eigenvalue weighted by molar-refractivity contribution is 7.98. The summed E-state index contributed by atoms with van der Waals surface area (Å²) >= 11 is 1.80. The third-order valence-corrected chi connectivity index (χ3v) is 4.84. The zero-order valence-electron chi connectivity index (χ0n) is 15.1. The van der Waals surface area contributed by atoms with Gasteiger partial charge in [0.05, 0.1) is 6.61 Å².